The van der Waals surface area contributed by atoms with Crippen molar-refractivity contribution in [3.05, 3.63) is 63.7 Å². The van der Waals surface area contributed by atoms with Crippen LogP contribution in [0.2, 0.25) is 0 Å². The minimum absolute atomic E-state index is 0.0683. The average molecular weight is 304 g/mol. The van der Waals surface area contributed by atoms with Crippen LogP contribution in [0.5, 0.6) is 0 Å². The number of anilines is 1. The Bertz CT molecular complexity index is 701. The average Bonchev–Trinajstić information content (AvgIpc) is 2.47. The Balaban J connectivity index is 2.15. The second-order valence-corrected chi connectivity index (χ2v) is 6.25. The van der Waals surface area contributed by atoms with Crippen molar-refractivity contribution in [2.75, 3.05) is 11.5 Å². The van der Waals surface area contributed by atoms with E-state index < -0.39 is 15.7 Å². The van der Waals surface area contributed by atoms with Crippen molar-refractivity contribution in [2.45, 2.75) is 18.2 Å². The van der Waals surface area contributed by atoms with Crippen molar-refractivity contribution in [3.8, 4) is 0 Å². The Kier molecular flexibility index (Phi) is 4.70. The largest absolute Gasteiger partial charge is 0.399 e. The van der Waals surface area contributed by atoms with Gasteiger partial charge in [0.15, 0.2) is 0 Å². The van der Waals surface area contributed by atoms with E-state index in [-0.39, 0.29) is 5.69 Å². The van der Waals surface area contributed by atoms with Gasteiger partial charge in [0.2, 0.25) is 0 Å². The molecule has 0 radical (unpaired) electrons. The predicted octanol–water partition coefficient (Wildman–Crippen LogP) is 2.84. The first-order valence-corrected chi connectivity index (χ1v) is 7.77. The Morgan fingerprint density at radius 2 is 1.95 bits per heavy atom. The number of nitro benzene ring substituents is 1. The summed E-state index contributed by atoms with van der Waals surface area (Å²) in [7, 11) is -1.23. The molecule has 0 saturated heterocycles. The van der Waals surface area contributed by atoms with E-state index in [1.54, 1.807) is 30.3 Å². The van der Waals surface area contributed by atoms with Crippen LogP contribution in [0.1, 0.15) is 11.1 Å². The Hall–Kier alpha value is -2.21. The molecule has 1 atom stereocenters. The van der Waals surface area contributed by atoms with Crippen molar-refractivity contribution in [2.24, 2.45) is 0 Å². The van der Waals surface area contributed by atoms with Gasteiger partial charge >= 0.3 is 0 Å². The van der Waals surface area contributed by atoms with E-state index in [4.69, 9.17) is 5.73 Å². The first-order valence-electron chi connectivity index (χ1n) is 6.46. The molecule has 0 amide bonds. The first kappa shape index (κ1) is 15.2. The molecule has 0 aromatic heterocycles. The van der Waals surface area contributed by atoms with Crippen LogP contribution in [0.25, 0.3) is 0 Å². The van der Waals surface area contributed by atoms with Crippen LogP contribution in [-0.4, -0.2) is 14.9 Å². The van der Waals surface area contributed by atoms with Gasteiger partial charge in [-0.05, 0) is 31.0 Å². The monoisotopic (exact) mass is 304 g/mol. The third-order valence-electron chi connectivity index (χ3n) is 3.20. The predicted molar refractivity (Wildman–Crippen MR) is 83.7 cm³/mol. The lowest BCUT2D eigenvalue weighted by Gasteiger charge is -2.07. The summed E-state index contributed by atoms with van der Waals surface area (Å²) in [5.74, 6) is 0.329. The standard InChI is InChI=1S/C15H16N2O3S/c1-11-6-7-13(16)10-15(11)21(20)9-8-12-4-2-3-5-14(12)17(18)19/h2-7,10H,8-9,16H2,1H3. The van der Waals surface area contributed by atoms with E-state index in [0.29, 0.717) is 28.3 Å². The molecule has 2 aromatic carbocycles. The molecule has 6 heteroatoms. The topological polar surface area (TPSA) is 86.2 Å². The van der Waals surface area contributed by atoms with E-state index in [1.165, 1.54) is 6.07 Å². The van der Waals surface area contributed by atoms with Crippen LogP contribution in [0.4, 0.5) is 11.4 Å². The number of para-hydroxylation sites is 1. The third-order valence-corrected chi connectivity index (χ3v) is 4.71. The van der Waals surface area contributed by atoms with Gasteiger partial charge in [0.25, 0.3) is 5.69 Å². The second-order valence-electron chi connectivity index (χ2n) is 4.71. The molecule has 5 nitrogen and oxygen atoms in total. The maximum absolute atomic E-state index is 12.4. The van der Waals surface area contributed by atoms with E-state index >= 15 is 0 Å². The van der Waals surface area contributed by atoms with E-state index in [1.807, 2.05) is 13.0 Å². The fourth-order valence-electron chi connectivity index (χ4n) is 2.07. The maximum atomic E-state index is 12.4. The number of aryl methyl sites for hydroxylation is 2. The summed E-state index contributed by atoms with van der Waals surface area (Å²) in [5.41, 5.74) is 7.85. The number of nitrogens with zero attached hydrogens (tertiary/aromatic N) is 1. The number of nitro groups is 1. The molecule has 2 aromatic rings. The quantitative estimate of drug-likeness (QED) is 0.523. The Morgan fingerprint density at radius 3 is 2.67 bits per heavy atom. The van der Waals surface area contributed by atoms with Crippen molar-refractivity contribution in [1.29, 1.82) is 0 Å². The highest BCUT2D eigenvalue weighted by atomic mass is 32.2. The number of nitrogen functional groups attached to an aromatic ring is 1. The number of benzene rings is 2. The van der Waals surface area contributed by atoms with Crippen LogP contribution >= 0.6 is 0 Å². The first-order chi connectivity index (χ1) is 9.99. The maximum Gasteiger partial charge on any atom is 0.272 e. The highest BCUT2D eigenvalue weighted by Crippen LogP contribution is 2.21. The second kappa shape index (κ2) is 6.49. The molecule has 2 rings (SSSR count). The normalized spacial score (nSPS) is 12.0. The lowest BCUT2D eigenvalue weighted by Crippen LogP contribution is -2.05. The van der Waals surface area contributed by atoms with Crippen molar-refractivity contribution in [3.63, 3.8) is 0 Å². The summed E-state index contributed by atoms with van der Waals surface area (Å²) in [6, 6.07) is 11.8. The molecular weight excluding hydrogens is 288 g/mol. The van der Waals surface area contributed by atoms with Crippen molar-refractivity contribution < 1.29 is 9.13 Å². The minimum Gasteiger partial charge on any atom is -0.399 e. The number of hydrogen-bond donors (Lipinski definition) is 1. The summed E-state index contributed by atoms with van der Waals surface area (Å²) in [6.45, 7) is 1.87. The zero-order chi connectivity index (χ0) is 15.4. The van der Waals surface area contributed by atoms with Gasteiger partial charge in [0, 0.05) is 28.0 Å². The number of hydrogen-bond acceptors (Lipinski definition) is 4. The van der Waals surface area contributed by atoms with Crippen LogP contribution < -0.4 is 5.73 Å². The van der Waals surface area contributed by atoms with E-state index in [2.05, 4.69) is 0 Å². The van der Waals surface area contributed by atoms with Crippen LogP contribution in [-0.2, 0) is 17.2 Å². The van der Waals surface area contributed by atoms with Gasteiger partial charge in [-0.1, -0.05) is 24.3 Å². The summed E-state index contributed by atoms with van der Waals surface area (Å²) < 4.78 is 12.4. The fraction of sp³-hybridized carbons (Fsp3) is 0.200. The molecule has 0 bridgehead atoms. The molecule has 110 valence electrons. The van der Waals surface area contributed by atoms with Gasteiger partial charge in [-0.15, -0.1) is 0 Å². The fourth-order valence-corrected chi connectivity index (χ4v) is 3.39. The van der Waals surface area contributed by atoms with Crippen LogP contribution in [0.15, 0.2) is 47.4 Å². The van der Waals surface area contributed by atoms with Crippen molar-refractivity contribution >= 4 is 22.2 Å². The van der Waals surface area contributed by atoms with Crippen LogP contribution in [0, 0.1) is 17.0 Å². The molecule has 2 N–H and O–H groups in total. The molecule has 0 aliphatic rings. The molecule has 0 aliphatic carbocycles. The number of rotatable bonds is 5. The summed E-state index contributed by atoms with van der Waals surface area (Å²) in [5, 5.41) is 10.9. The number of nitrogens with two attached hydrogens (primary N) is 1. The molecule has 0 aliphatic heterocycles. The van der Waals surface area contributed by atoms with Gasteiger partial charge < -0.3 is 5.73 Å². The molecule has 0 fully saturated rings. The van der Waals surface area contributed by atoms with Gasteiger partial charge in [0.05, 0.1) is 15.7 Å². The SMILES string of the molecule is Cc1ccc(N)cc1S(=O)CCc1ccccc1[N+](=O)[O-]. The summed E-state index contributed by atoms with van der Waals surface area (Å²) >= 11 is 0. The lowest BCUT2D eigenvalue weighted by molar-refractivity contribution is -0.385. The lowest BCUT2D eigenvalue weighted by atomic mass is 10.1. The summed E-state index contributed by atoms with van der Waals surface area (Å²) in [4.78, 5) is 11.2. The van der Waals surface area contributed by atoms with Crippen LogP contribution in [0.3, 0.4) is 0 Å². The van der Waals surface area contributed by atoms with Gasteiger partial charge in [-0.3, -0.25) is 14.3 Å². The summed E-state index contributed by atoms with van der Waals surface area (Å²) in [6.07, 6.45) is 0.387. The smallest absolute Gasteiger partial charge is 0.272 e. The van der Waals surface area contributed by atoms with E-state index in [0.717, 1.165) is 5.56 Å². The van der Waals surface area contributed by atoms with Gasteiger partial charge in [-0.25, -0.2) is 0 Å². The van der Waals surface area contributed by atoms with Gasteiger partial charge in [-0.2, -0.15) is 0 Å². The minimum atomic E-state index is -1.23. The molecule has 1 unspecified atom stereocenters. The third kappa shape index (κ3) is 3.66. The molecule has 21 heavy (non-hydrogen) atoms. The van der Waals surface area contributed by atoms with Crippen molar-refractivity contribution in [1.82, 2.24) is 0 Å². The molecular formula is C15H16N2O3S. The molecule has 0 heterocycles. The molecule has 0 spiro atoms. The highest BCUT2D eigenvalue weighted by Gasteiger charge is 2.14. The highest BCUT2D eigenvalue weighted by molar-refractivity contribution is 7.85. The van der Waals surface area contributed by atoms with Gasteiger partial charge in [0.1, 0.15) is 0 Å². The Labute approximate surface area is 125 Å². The van der Waals surface area contributed by atoms with E-state index in [9.17, 15) is 14.3 Å². The zero-order valence-electron chi connectivity index (χ0n) is 11.6. The Morgan fingerprint density at radius 1 is 1.24 bits per heavy atom. The zero-order valence-corrected chi connectivity index (χ0v) is 12.4. The molecule has 0 saturated carbocycles.